The number of aryl methyl sites for hydroxylation is 1. The van der Waals surface area contributed by atoms with Crippen molar-refractivity contribution in [3.8, 4) is 16.9 Å². The second kappa shape index (κ2) is 7.48. The summed E-state index contributed by atoms with van der Waals surface area (Å²) < 4.78 is 34.9. The number of halogens is 2. The van der Waals surface area contributed by atoms with Gasteiger partial charge in [-0.2, -0.15) is 14.6 Å². The SMILES string of the molecule is COc1ccc(N(N)/C(=N\N)c2cc(-c3cnn(C)c3)cnc2N)c(F)c1F. The van der Waals surface area contributed by atoms with Crippen LogP contribution in [0.4, 0.5) is 20.3 Å². The van der Waals surface area contributed by atoms with Gasteiger partial charge in [-0.15, -0.1) is 0 Å². The average Bonchev–Trinajstić information content (AvgIpc) is 3.12. The summed E-state index contributed by atoms with van der Waals surface area (Å²) in [5, 5.41) is 8.49. The normalized spacial score (nSPS) is 11.5. The lowest BCUT2D eigenvalue weighted by atomic mass is 10.1. The van der Waals surface area contributed by atoms with Crippen LogP contribution in [0.15, 0.2) is 41.9 Å². The van der Waals surface area contributed by atoms with E-state index >= 15 is 0 Å². The third-order valence-electron chi connectivity index (χ3n) is 4.05. The third kappa shape index (κ3) is 3.30. The highest BCUT2D eigenvalue weighted by Gasteiger charge is 2.23. The molecule has 0 radical (unpaired) electrons. The number of hydrazine groups is 1. The van der Waals surface area contributed by atoms with Crippen molar-refractivity contribution in [3.63, 3.8) is 0 Å². The molecule has 0 unspecified atom stereocenters. The van der Waals surface area contributed by atoms with Crippen LogP contribution in [0, 0.1) is 11.6 Å². The molecule has 11 heteroatoms. The Balaban J connectivity index is 2.06. The predicted octanol–water partition coefficient (Wildman–Crippen LogP) is 1.35. The first-order valence-electron chi connectivity index (χ1n) is 7.97. The number of benzene rings is 1. The maximum absolute atomic E-state index is 14.4. The summed E-state index contributed by atoms with van der Waals surface area (Å²) in [4.78, 5) is 4.11. The van der Waals surface area contributed by atoms with Gasteiger partial charge in [0.2, 0.25) is 5.82 Å². The van der Waals surface area contributed by atoms with Crippen LogP contribution in [0.3, 0.4) is 0 Å². The molecule has 0 spiro atoms. The summed E-state index contributed by atoms with van der Waals surface area (Å²) in [5.74, 6) is 8.72. The Morgan fingerprint density at radius 1 is 1.21 bits per heavy atom. The molecule has 0 fully saturated rings. The minimum atomic E-state index is -1.22. The van der Waals surface area contributed by atoms with Gasteiger partial charge < -0.3 is 16.3 Å². The molecule has 3 aromatic rings. The number of nitrogen functional groups attached to an aromatic ring is 1. The quantitative estimate of drug-likeness (QED) is 0.266. The topological polar surface area (TPSA) is 134 Å². The van der Waals surface area contributed by atoms with Crippen molar-refractivity contribution in [1.82, 2.24) is 14.8 Å². The molecule has 1 aromatic carbocycles. The fourth-order valence-corrected chi connectivity index (χ4v) is 2.62. The Morgan fingerprint density at radius 2 is 1.96 bits per heavy atom. The van der Waals surface area contributed by atoms with E-state index in [2.05, 4.69) is 15.2 Å². The zero-order valence-corrected chi connectivity index (χ0v) is 15.1. The van der Waals surface area contributed by atoms with E-state index in [0.717, 1.165) is 10.6 Å². The van der Waals surface area contributed by atoms with Crippen molar-refractivity contribution in [2.24, 2.45) is 23.8 Å². The van der Waals surface area contributed by atoms with Crippen LogP contribution in [0.1, 0.15) is 5.56 Å². The molecule has 146 valence electrons. The minimum absolute atomic E-state index is 0.0571. The van der Waals surface area contributed by atoms with Crippen molar-refractivity contribution in [2.45, 2.75) is 0 Å². The van der Waals surface area contributed by atoms with E-state index in [-0.39, 0.29) is 28.7 Å². The number of methoxy groups -OCH3 is 1. The van der Waals surface area contributed by atoms with Gasteiger partial charge in [-0.05, 0) is 18.2 Å². The first-order chi connectivity index (χ1) is 13.4. The second-order valence-corrected chi connectivity index (χ2v) is 5.80. The lowest BCUT2D eigenvalue weighted by molar-refractivity contribution is 0.372. The average molecular weight is 388 g/mol. The summed E-state index contributed by atoms with van der Waals surface area (Å²) in [6.07, 6.45) is 4.95. The lowest BCUT2D eigenvalue weighted by Gasteiger charge is -2.22. The van der Waals surface area contributed by atoms with Crippen LogP contribution >= 0.6 is 0 Å². The Hall–Kier alpha value is -3.73. The molecular formula is C17H18F2N8O. The van der Waals surface area contributed by atoms with Gasteiger partial charge in [0.25, 0.3) is 0 Å². The number of nitrogens with two attached hydrogens (primary N) is 3. The first kappa shape index (κ1) is 19.0. The van der Waals surface area contributed by atoms with Gasteiger partial charge in [0, 0.05) is 30.6 Å². The summed E-state index contributed by atoms with van der Waals surface area (Å²) in [7, 11) is 2.99. The molecule has 0 saturated heterocycles. The number of amidine groups is 1. The first-order valence-corrected chi connectivity index (χ1v) is 7.97. The highest BCUT2D eigenvalue weighted by molar-refractivity contribution is 6.12. The number of nitrogens with zero attached hydrogens (tertiary/aromatic N) is 5. The molecule has 2 heterocycles. The van der Waals surface area contributed by atoms with Gasteiger partial charge in [-0.3, -0.25) is 9.69 Å². The number of hydrazone groups is 1. The number of aromatic nitrogens is 3. The molecule has 0 aliphatic carbocycles. The maximum atomic E-state index is 14.4. The minimum Gasteiger partial charge on any atom is -0.494 e. The van der Waals surface area contributed by atoms with Crippen molar-refractivity contribution in [3.05, 3.63) is 54.0 Å². The Bertz CT molecular complexity index is 1050. The molecule has 28 heavy (non-hydrogen) atoms. The molecule has 0 aliphatic heterocycles. The molecule has 9 nitrogen and oxygen atoms in total. The van der Waals surface area contributed by atoms with Crippen LogP contribution in [0.5, 0.6) is 5.75 Å². The molecule has 0 saturated carbocycles. The number of hydrogen-bond acceptors (Lipinski definition) is 7. The van der Waals surface area contributed by atoms with Crippen LogP contribution < -0.4 is 27.2 Å². The molecule has 0 amide bonds. The van der Waals surface area contributed by atoms with Crippen molar-refractivity contribution >= 4 is 17.3 Å². The second-order valence-electron chi connectivity index (χ2n) is 5.80. The van der Waals surface area contributed by atoms with E-state index in [1.54, 1.807) is 36.4 Å². The summed E-state index contributed by atoms with van der Waals surface area (Å²) in [6.45, 7) is 0. The predicted molar refractivity (Wildman–Crippen MR) is 101 cm³/mol. The van der Waals surface area contributed by atoms with Crippen LogP contribution in [0.25, 0.3) is 11.1 Å². The number of anilines is 2. The third-order valence-corrected chi connectivity index (χ3v) is 4.05. The van der Waals surface area contributed by atoms with Gasteiger partial charge in [0.05, 0.1) is 24.6 Å². The Morgan fingerprint density at radius 3 is 2.57 bits per heavy atom. The van der Waals surface area contributed by atoms with Gasteiger partial charge in [0.1, 0.15) is 5.82 Å². The monoisotopic (exact) mass is 388 g/mol. The number of pyridine rings is 1. The van der Waals surface area contributed by atoms with E-state index in [1.807, 2.05) is 0 Å². The zero-order chi connectivity index (χ0) is 20.4. The lowest BCUT2D eigenvalue weighted by Crippen LogP contribution is -2.40. The smallest absolute Gasteiger partial charge is 0.202 e. The standard InChI is InChI=1S/C17H18F2N8O/c1-26-8-10(7-24-26)9-5-11(16(20)23-6-9)17(25-21)27(22)12-3-4-13(28-2)15(19)14(12)18/h3-8H,21-22H2,1-2H3,(H2,20,23)/b25-17-. The summed E-state index contributed by atoms with van der Waals surface area (Å²) in [5.41, 5.74) is 7.29. The fraction of sp³-hybridized carbons (Fsp3) is 0.118. The van der Waals surface area contributed by atoms with Crippen molar-refractivity contribution in [2.75, 3.05) is 17.9 Å². The molecular weight excluding hydrogens is 370 g/mol. The molecule has 0 atom stereocenters. The highest BCUT2D eigenvalue weighted by Crippen LogP contribution is 2.29. The number of hydrogen-bond donors (Lipinski definition) is 3. The zero-order valence-electron chi connectivity index (χ0n) is 15.1. The van der Waals surface area contributed by atoms with Crippen LogP contribution in [-0.2, 0) is 7.05 Å². The molecule has 6 N–H and O–H groups in total. The van der Waals surface area contributed by atoms with E-state index in [1.165, 1.54) is 19.2 Å². The van der Waals surface area contributed by atoms with Gasteiger partial charge >= 0.3 is 0 Å². The largest absolute Gasteiger partial charge is 0.494 e. The van der Waals surface area contributed by atoms with Gasteiger partial charge in [-0.1, -0.05) is 0 Å². The fourth-order valence-electron chi connectivity index (χ4n) is 2.62. The van der Waals surface area contributed by atoms with Crippen LogP contribution in [-0.4, -0.2) is 27.7 Å². The Kier molecular flexibility index (Phi) is 5.09. The van der Waals surface area contributed by atoms with Gasteiger partial charge in [0.15, 0.2) is 17.4 Å². The number of ether oxygens (including phenoxy) is 1. The molecule has 0 aliphatic rings. The molecule has 2 aromatic heterocycles. The summed E-state index contributed by atoms with van der Waals surface area (Å²) in [6, 6.07) is 4.09. The summed E-state index contributed by atoms with van der Waals surface area (Å²) >= 11 is 0. The molecule has 0 bridgehead atoms. The maximum Gasteiger partial charge on any atom is 0.202 e. The number of rotatable bonds is 4. The van der Waals surface area contributed by atoms with Crippen molar-refractivity contribution < 1.29 is 13.5 Å². The van der Waals surface area contributed by atoms with E-state index in [0.29, 0.717) is 5.56 Å². The van der Waals surface area contributed by atoms with Crippen LogP contribution in [0.2, 0.25) is 0 Å². The highest BCUT2D eigenvalue weighted by atomic mass is 19.2. The Labute approximate surface area is 159 Å². The molecule has 3 rings (SSSR count). The van der Waals surface area contributed by atoms with Crippen molar-refractivity contribution in [1.29, 1.82) is 0 Å². The van der Waals surface area contributed by atoms with E-state index in [4.69, 9.17) is 22.2 Å². The van der Waals surface area contributed by atoms with E-state index in [9.17, 15) is 8.78 Å². The van der Waals surface area contributed by atoms with E-state index < -0.39 is 11.6 Å². The van der Waals surface area contributed by atoms with Gasteiger partial charge in [-0.25, -0.2) is 15.2 Å².